The van der Waals surface area contributed by atoms with Gasteiger partial charge in [0.2, 0.25) is 15.9 Å². The molecular weight excluding hydrogens is 420 g/mol. The van der Waals surface area contributed by atoms with Gasteiger partial charge in [-0.05, 0) is 30.7 Å². The standard InChI is InChI=1S/C21H24N4O3S2/c1-16(29-21-22-12-13-25(21)15-17-8-5-4-6-9-17)20(26)23-18-10-7-11-19(14-18)30(27,28)24(2)3/h4-14,16H,15H2,1-3H3,(H,23,26). The van der Waals surface area contributed by atoms with Crippen molar-refractivity contribution in [3.05, 3.63) is 72.6 Å². The molecule has 3 aromatic rings. The SMILES string of the molecule is CC(Sc1nccn1Cc1ccccc1)C(=O)Nc1cccc(S(=O)(=O)N(C)C)c1. The maximum absolute atomic E-state index is 12.7. The van der Waals surface area contributed by atoms with Gasteiger partial charge in [-0.2, -0.15) is 0 Å². The van der Waals surface area contributed by atoms with Gasteiger partial charge in [0.1, 0.15) is 0 Å². The number of benzene rings is 2. The van der Waals surface area contributed by atoms with Crippen molar-refractivity contribution in [2.75, 3.05) is 19.4 Å². The number of carbonyl (C=O) groups excluding carboxylic acids is 1. The van der Waals surface area contributed by atoms with Gasteiger partial charge in [0, 0.05) is 38.7 Å². The highest BCUT2D eigenvalue weighted by atomic mass is 32.2. The topological polar surface area (TPSA) is 84.3 Å². The van der Waals surface area contributed by atoms with Gasteiger partial charge in [-0.3, -0.25) is 4.79 Å². The Labute approximate surface area is 181 Å². The molecule has 0 saturated heterocycles. The number of anilines is 1. The predicted octanol–water partition coefficient (Wildman–Crippen LogP) is 3.30. The molecule has 1 unspecified atom stereocenters. The zero-order chi connectivity index (χ0) is 21.7. The summed E-state index contributed by atoms with van der Waals surface area (Å²) in [7, 11) is -0.630. The van der Waals surface area contributed by atoms with E-state index in [-0.39, 0.29) is 10.8 Å². The Kier molecular flexibility index (Phi) is 6.96. The normalized spacial score (nSPS) is 12.7. The minimum absolute atomic E-state index is 0.129. The highest BCUT2D eigenvalue weighted by Gasteiger charge is 2.20. The molecule has 0 aliphatic heterocycles. The van der Waals surface area contributed by atoms with Crippen LogP contribution in [0.25, 0.3) is 0 Å². The predicted molar refractivity (Wildman–Crippen MR) is 119 cm³/mol. The van der Waals surface area contributed by atoms with E-state index in [0.29, 0.717) is 12.2 Å². The lowest BCUT2D eigenvalue weighted by molar-refractivity contribution is -0.115. The summed E-state index contributed by atoms with van der Waals surface area (Å²) >= 11 is 1.35. The van der Waals surface area contributed by atoms with Crippen molar-refractivity contribution in [3.63, 3.8) is 0 Å². The van der Waals surface area contributed by atoms with Crippen LogP contribution < -0.4 is 5.32 Å². The Bertz CT molecular complexity index is 1110. The third kappa shape index (κ3) is 5.29. The Balaban J connectivity index is 1.67. The quantitative estimate of drug-likeness (QED) is 0.539. The average Bonchev–Trinajstić information content (AvgIpc) is 3.15. The van der Waals surface area contributed by atoms with E-state index >= 15 is 0 Å². The van der Waals surface area contributed by atoms with Gasteiger partial charge in [-0.15, -0.1) is 0 Å². The van der Waals surface area contributed by atoms with Gasteiger partial charge in [-0.25, -0.2) is 17.7 Å². The molecule has 1 atom stereocenters. The molecule has 0 radical (unpaired) electrons. The molecule has 1 N–H and O–H groups in total. The number of nitrogens with zero attached hydrogens (tertiary/aromatic N) is 3. The number of imidazole rings is 1. The van der Waals surface area contributed by atoms with E-state index in [9.17, 15) is 13.2 Å². The van der Waals surface area contributed by atoms with Crippen LogP contribution in [-0.4, -0.2) is 47.5 Å². The number of hydrogen-bond acceptors (Lipinski definition) is 5. The fourth-order valence-corrected chi connectivity index (χ4v) is 4.53. The first-order chi connectivity index (χ1) is 14.3. The third-order valence-corrected chi connectivity index (χ3v) is 7.33. The first kappa shape index (κ1) is 22.1. The van der Waals surface area contributed by atoms with Crippen LogP contribution in [0.5, 0.6) is 0 Å². The Morgan fingerprint density at radius 3 is 2.60 bits per heavy atom. The lowest BCUT2D eigenvalue weighted by Gasteiger charge is -2.15. The van der Waals surface area contributed by atoms with Gasteiger partial charge in [0.05, 0.1) is 10.1 Å². The maximum atomic E-state index is 12.7. The van der Waals surface area contributed by atoms with Crippen molar-refractivity contribution in [3.8, 4) is 0 Å². The number of thioether (sulfide) groups is 1. The van der Waals surface area contributed by atoms with Crippen molar-refractivity contribution in [1.29, 1.82) is 0 Å². The van der Waals surface area contributed by atoms with Crippen LogP contribution in [0.4, 0.5) is 5.69 Å². The number of hydrogen-bond donors (Lipinski definition) is 1. The van der Waals surface area contributed by atoms with Crippen LogP contribution in [-0.2, 0) is 21.4 Å². The summed E-state index contributed by atoms with van der Waals surface area (Å²) in [6, 6.07) is 16.3. The third-order valence-electron chi connectivity index (χ3n) is 4.40. The van der Waals surface area contributed by atoms with Gasteiger partial charge < -0.3 is 9.88 Å². The minimum atomic E-state index is -3.57. The van der Waals surface area contributed by atoms with Crippen molar-refractivity contribution in [1.82, 2.24) is 13.9 Å². The molecule has 0 spiro atoms. The molecule has 3 rings (SSSR count). The van der Waals surface area contributed by atoms with E-state index in [1.165, 1.54) is 38.0 Å². The van der Waals surface area contributed by atoms with Crippen LogP contribution in [0.3, 0.4) is 0 Å². The monoisotopic (exact) mass is 444 g/mol. The summed E-state index contributed by atoms with van der Waals surface area (Å²) in [5, 5.41) is 3.12. The smallest absolute Gasteiger partial charge is 0.242 e. The first-order valence-corrected chi connectivity index (χ1v) is 11.6. The van der Waals surface area contributed by atoms with Crippen LogP contribution in [0.15, 0.2) is 77.0 Å². The first-order valence-electron chi connectivity index (χ1n) is 9.32. The summed E-state index contributed by atoms with van der Waals surface area (Å²) in [5.41, 5.74) is 1.58. The summed E-state index contributed by atoms with van der Waals surface area (Å²) in [4.78, 5) is 17.2. The highest BCUT2D eigenvalue weighted by Crippen LogP contribution is 2.24. The molecule has 9 heteroatoms. The van der Waals surface area contributed by atoms with Crippen LogP contribution in [0.2, 0.25) is 0 Å². The van der Waals surface area contributed by atoms with Crippen LogP contribution in [0.1, 0.15) is 12.5 Å². The molecule has 0 fully saturated rings. The van der Waals surface area contributed by atoms with Gasteiger partial charge in [-0.1, -0.05) is 48.2 Å². The minimum Gasteiger partial charge on any atom is -0.325 e. The molecular formula is C21H24N4O3S2. The second kappa shape index (κ2) is 9.46. The largest absolute Gasteiger partial charge is 0.325 e. The van der Waals surface area contributed by atoms with Crippen LogP contribution >= 0.6 is 11.8 Å². The van der Waals surface area contributed by atoms with Gasteiger partial charge in [0.25, 0.3) is 0 Å². The van der Waals surface area contributed by atoms with Crippen molar-refractivity contribution in [2.45, 2.75) is 28.8 Å². The number of nitrogens with one attached hydrogen (secondary N) is 1. The lowest BCUT2D eigenvalue weighted by Crippen LogP contribution is -2.24. The van der Waals surface area contributed by atoms with Gasteiger partial charge in [0.15, 0.2) is 5.16 Å². The molecule has 1 aromatic heterocycles. The molecule has 0 aliphatic carbocycles. The molecule has 0 bridgehead atoms. The summed E-state index contributed by atoms with van der Waals surface area (Å²) in [6.07, 6.45) is 3.60. The molecule has 30 heavy (non-hydrogen) atoms. The number of rotatable bonds is 8. The fourth-order valence-electron chi connectivity index (χ4n) is 2.71. The lowest BCUT2D eigenvalue weighted by atomic mass is 10.2. The number of carbonyl (C=O) groups is 1. The molecule has 158 valence electrons. The zero-order valence-electron chi connectivity index (χ0n) is 17.0. The molecule has 0 saturated carbocycles. The van der Waals surface area contributed by atoms with E-state index in [4.69, 9.17) is 0 Å². The van der Waals surface area contributed by atoms with E-state index in [1.807, 2.05) is 41.1 Å². The Morgan fingerprint density at radius 2 is 1.90 bits per heavy atom. The summed E-state index contributed by atoms with van der Waals surface area (Å²) in [6.45, 7) is 2.46. The van der Waals surface area contributed by atoms with Gasteiger partial charge >= 0.3 is 0 Å². The van der Waals surface area contributed by atoms with Crippen molar-refractivity contribution < 1.29 is 13.2 Å². The zero-order valence-corrected chi connectivity index (χ0v) is 18.7. The molecule has 1 heterocycles. The number of sulfonamides is 1. The maximum Gasteiger partial charge on any atom is 0.242 e. The van der Waals surface area contributed by atoms with E-state index < -0.39 is 15.3 Å². The fraction of sp³-hybridized carbons (Fsp3) is 0.238. The average molecular weight is 445 g/mol. The van der Waals surface area contributed by atoms with Crippen molar-refractivity contribution in [2.24, 2.45) is 0 Å². The molecule has 1 amide bonds. The summed E-state index contributed by atoms with van der Waals surface area (Å²) < 4.78 is 27.7. The van der Waals surface area contributed by atoms with E-state index in [2.05, 4.69) is 10.3 Å². The molecule has 0 aliphatic rings. The highest BCUT2D eigenvalue weighted by molar-refractivity contribution is 8.00. The Hall–Kier alpha value is -2.62. The second-order valence-corrected chi connectivity index (χ2v) is 10.3. The summed E-state index contributed by atoms with van der Waals surface area (Å²) in [5.74, 6) is -0.228. The molecule has 2 aromatic carbocycles. The molecule has 7 nitrogen and oxygen atoms in total. The Morgan fingerprint density at radius 1 is 1.17 bits per heavy atom. The van der Waals surface area contributed by atoms with E-state index in [0.717, 1.165) is 15.0 Å². The second-order valence-electron chi connectivity index (χ2n) is 6.89. The van der Waals surface area contributed by atoms with Crippen molar-refractivity contribution >= 4 is 33.4 Å². The van der Waals surface area contributed by atoms with E-state index in [1.54, 1.807) is 25.3 Å². The number of aromatic nitrogens is 2. The van der Waals surface area contributed by atoms with Crippen LogP contribution in [0, 0.1) is 0 Å². The number of amides is 1.